The molecule has 2 aliphatic rings. The van der Waals surface area contributed by atoms with Gasteiger partial charge in [0.05, 0.1) is 5.39 Å². The number of hydrogen-bond acceptors (Lipinski definition) is 5. The van der Waals surface area contributed by atoms with Gasteiger partial charge in [-0.1, -0.05) is 29.8 Å². The van der Waals surface area contributed by atoms with Crippen LogP contribution in [0.2, 0.25) is 0 Å². The number of thiophene rings is 1. The van der Waals surface area contributed by atoms with Gasteiger partial charge < -0.3 is 4.90 Å². The number of aromatic nitrogens is 2. The van der Waals surface area contributed by atoms with Crippen molar-refractivity contribution in [1.82, 2.24) is 14.9 Å². The van der Waals surface area contributed by atoms with E-state index in [0.717, 1.165) is 32.7 Å². The van der Waals surface area contributed by atoms with Gasteiger partial charge in [-0.25, -0.2) is 9.97 Å². The van der Waals surface area contributed by atoms with Crippen LogP contribution in [0, 0.1) is 6.92 Å². The molecule has 0 spiro atoms. The van der Waals surface area contributed by atoms with Gasteiger partial charge in [0.1, 0.15) is 17.0 Å². The van der Waals surface area contributed by atoms with Crippen LogP contribution in [0.3, 0.4) is 0 Å². The zero-order valence-corrected chi connectivity index (χ0v) is 16.1. The number of hydrogen-bond donors (Lipinski definition) is 0. The van der Waals surface area contributed by atoms with E-state index < -0.39 is 0 Å². The van der Waals surface area contributed by atoms with Crippen molar-refractivity contribution < 1.29 is 0 Å². The molecule has 1 aliphatic carbocycles. The summed E-state index contributed by atoms with van der Waals surface area (Å²) in [6.07, 6.45) is 5.46. The van der Waals surface area contributed by atoms with E-state index in [4.69, 9.17) is 4.98 Å². The molecule has 0 amide bonds. The highest BCUT2D eigenvalue weighted by Crippen LogP contribution is 2.40. The molecule has 3 heterocycles. The summed E-state index contributed by atoms with van der Waals surface area (Å²) < 4.78 is 0. The topological polar surface area (TPSA) is 32.3 Å². The quantitative estimate of drug-likeness (QED) is 0.707. The Morgan fingerprint density at radius 3 is 2.81 bits per heavy atom. The molecular formula is C21H24N4S. The minimum absolute atomic E-state index is 1.04. The lowest BCUT2D eigenvalue weighted by Gasteiger charge is -2.35. The van der Waals surface area contributed by atoms with E-state index in [1.165, 1.54) is 52.0 Å². The Kier molecular flexibility index (Phi) is 4.14. The van der Waals surface area contributed by atoms with Crippen LogP contribution in [0.5, 0.6) is 0 Å². The number of fused-ring (bicyclic) bond motifs is 3. The van der Waals surface area contributed by atoms with Gasteiger partial charge in [-0.15, -0.1) is 11.3 Å². The van der Waals surface area contributed by atoms with Crippen molar-refractivity contribution in [2.45, 2.75) is 32.7 Å². The standard InChI is InChI=1S/C21H24N4S/c1-15-4-2-5-16(12-15)13-24-8-10-25(11-9-24)20-19-17-6-3-7-18(17)26-21(19)23-14-22-20/h2,4-5,12,14H,3,6-11,13H2,1H3. The Morgan fingerprint density at radius 1 is 1.08 bits per heavy atom. The molecule has 2 aromatic heterocycles. The first-order valence-electron chi connectivity index (χ1n) is 9.56. The van der Waals surface area contributed by atoms with Crippen molar-refractivity contribution in [3.05, 3.63) is 52.2 Å². The molecule has 4 nitrogen and oxygen atoms in total. The van der Waals surface area contributed by atoms with Crippen LogP contribution in [-0.4, -0.2) is 41.0 Å². The molecule has 0 saturated carbocycles. The van der Waals surface area contributed by atoms with E-state index >= 15 is 0 Å². The summed E-state index contributed by atoms with van der Waals surface area (Å²) in [4.78, 5) is 17.0. The van der Waals surface area contributed by atoms with Crippen LogP contribution in [0.1, 0.15) is 28.0 Å². The summed E-state index contributed by atoms with van der Waals surface area (Å²) in [5.41, 5.74) is 4.29. The van der Waals surface area contributed by atoms with Crippen molar-refractivity contribution >= 4 is 27.4 Å². The maximum atomic E-state index is 4.70. The maximum absolute atomic E-state index is 4.70. The van der Waals surface area contributed by atoms with Crippen molar-refractivity contribution in [1.29, 1.82) is 0 Å². The maximum Gasteiger partial charge on any atom is 0.141 e. The number of benzene rings is 1. The lowest BCUT2D eigenvalue weighted by Crippen LogP contribution is -2.46. The summed E-state index contributed by atoms with van der Waals surface area (Å²) in [7, 11) is 0. The number of aryl methyl sites for hydroxylation is 3. The molecule has 134 valence electrons. The summed E-state index contributed by atoms with van der Waals surface area (Å²) in [5, 5.41) is 1.34. The smallest absolute Gasteiger partial charge is 0.141 e. The summed E-state index contributed by atoms with van der Waals surface area (Å²) in [6.45, 7) is 7.48. The van der Waals surface area contributed by atoms with E-state index in [2.05, 4.69) is 46.0 Å². The second-order valence-corrected chi connectivity index (χ2v) is 8.57. The van der Waals surface area contributed by atoms with E-state index in [1.54, 1.807) is 11.2 Å². The van der Waals surface area contributed by atoms with E-state index in [-0.39, 0.29) is 0 Å². The van der Waals surface area contributed by atoms with Gasteiger partial charge >= 0.3 is 0 Å². The second-order valence-electron chi connectivity index (χ2n) is 7.49. The molecule has 5 rings (SSSR count). The number of piperazine rings is 1. The first-order valence-corrected chi connectivity index (χ1v) is 10.4. The fourth-order valence-electron chi connectivity index (χ4n) is 4.34. The van der Waals surface area contributed by atoms with E-state index in [0.29, 0.717) is 0 Å². The fraction of sp³-hybridized carbons (Fsp3) is 0.429. The van der Waals surface area contributed by atoms with Gasteiger partial charge in [0.15, 0.2) is 0 Å². The average Bonchev–Trinajstić information content (AvgIpc) is 3.23. The zero-order chi connectivity index (χ0) is 17.5. The SMILES string of the molecule is Cc1cccc(CN2CCN(c3ncnc4sc5c(c34)CCC5)CC2)c1. The molecule has 0 radical (unpaired) electrons. The molecular weight excluding hydrogens is 340 g/mol. The molecule has 1 aromatic carbocycles. The molecule has 0 unspecified atom stereocenters. The predicted octanol–water partition coefficient (Wildman–Crippen LogP) is 3.81. The third kappa shape index (κ3) is 2.89. The van der Waals surface area contributed by atoms with Gasteiger partial charge in [-0.2, -0.15) is 0 Å². The lowest BCUT2D eigenvalue weighted by atomic mass is 10.1. The Labute approximate surface area is 158 Å². The normalized spacial score (nSPS) is 17.8. The number of rotatable bonds is 3. The molecule has 3 aromatic rings. The second kappa shape index (κ2) is 6.63. The molecule has 1 fully saturated rings. The van der Waals surface area contributed by atoms with Crippen LogP contribution >= 0.6 is 11.3 Å². The molecule has 0 N–H and O–H groups in total. The Hall–Kier alpha value is -1.98. The van der Waals surface area contributed by atoms with Crippen molar-refractivity contribution in [3.8, 4) is 0 Å². The van der Waals surface area contributed by atoms with Crippen LogP contribution in [-0.2, 0) is 19.4 Å². The highest BCUT2D eigenvalue weighted by molar-refractivity contribution is 7.19. The Balaban J connectivity index is 1.34. The molecule has 26 heavy (non-hydrogen) atoms. The predicted molar refractivity (Wildman–Crippen MR) is 108 cm³/mol. The summed E-state index contributed by atoms with van der Waals surface area (Å²) in [6, 6.07) is 8.87. The van der Waals surface area contributed by atoms with Crippen LogP contribution in [0.25, 0.3) is 10.2 Å². The minimum Gasteiger partial charge on any atom is -0.353 e. The van der Waals surface area contributed by atoms with Crippen LogP contribution in [0.15, 0.2) is 30.6 Å². The van der Waals surface area contributed by atoms with Crippen LogP contribution in [0.4, 0.5) is 5.82 Å². The van der Waals surface area contributed by atoms with Crippen molar-refractivity contribution in [3.63, 3.8) is 0 Å². The Morgan fingerprint density at radius 2 is 1.96 bits per heavy atom. The zero-order valence-electron chi connectivity index (χ0n) is 15.2. The first-order chi connectivity index (χ1) is 12.8. The molecule has 0 bridgehead atoms. The summed E-state index contributed by atoms with van der Waals surface area (Å²) in [5.74, 6) is 1.17. The molecule has 1 aliphatic heterocycles. The Bertz CT molecular complexity index is 940. The molecule has 0 atom stereocenters. The largest absolute Gasteiger partial charge is 0.353 e. The lowest BCUT2D eigenvalue weighted by molar-refractivity contribution is 0.249. The minimum atomic E-state index is 1.04. The monoisotopic (exact) mass is 364 g/mol. The van der Waals surface area contributed by atoms with Gasteiger partial charge in [-0.05, 0) is 37.3 Å². The van der Waals surface area contributed by atoms with E-state index in [9.17, 15) is 0 Å². The number of anilines is 1. The van der Waals surface area contributed by atoms with Crippen molar-refractivity contribution in [2.75, 3.05) is 31.1 Å². The summed E-state index contributed by atoms with van der Waals surface area (Å²) >= 11 is 1.88. The fourth-order valence-corrected chi connectivity index (χ4v) is 5.56. The van der Waals surface area contributed by atoms with Gasteiger partial charge in [0.2, 0.25) is 0 Å². The van der Waals surface area contributed by atoms with Gasteiger partial charge in [0.25, 0.3) is 0 Å². The van der Waals surface area contributed by atoms with Crippen molar-refractivity contribution in [2.24, 2.45) is 0 Å². The van der Waals surface area contributed by atoms with Gasteiger partial charge in [-0.3, -0.25) is 4.90 Å². The van der Waals surface area contributed by atoms with Gasteiger partial charge in [0, 0.05) is 37.6 Å². The molecule has 1 saturated heterocycles. The highest BCUT2D eigenvalue weighted by atomic mass is 32.1. The van der Waals surface area contributed by atoms with E-state index in [1.807, 2.05) is 11.3 Å². The first kappa shape index (κ1) is 16.2. The third-order valence-electron chi connectivity index (χ3n) is 5.64. The number of nitrogens with zero attached hydrogens (tertiary/aromatic N) is 4. The van der Waals surface area contributed by atoms with Crippen LogP contribution < -0.4 is 4.90 Å². The third-order valence-corrected chi connectivity index (χ3v) is 6.84. The average molecular weight is 365 g/mol. The highest BCUT2D eigenvalue weighted by Gasteiger charge is 2.25. The molecule has 5 heteroatoms.